The van der Waals surface area contributed by atoms with E-state index >= 15 is 0 Å². The molecule has 0 spiro atoms. The molecule has 0 aliphatic carbocycles. The Hall–Kier alpha value is -3.38. The van der Waals surface area contributed by atoms with Crippen LogP contribution in [0.25, 0.3) is 0 Å². The predicted octanol–water partition coefficient (Wildman–Crippen LogP) is -0.330. The van der Waals surface area contributed by atoms with Crippen LogP contribution in [0.15, 0.2) is 0 Å². The van der Waals surface area contributed by atoms with Crippen molar-refractivity contribution in [3.8, 4) is 0 Å². The molecule has 3 saturated heterocycles. The summed E-state index contributed by atoms with van der Waals surface area (Å²) in [7, 11) is 0. The van der Waals surface area contributed by atoms with E-state index < -0.39 is 129 Å². The summed E-state index contributed by atoms with van der Waals surface area (Å²) >= 11 is 0. The van der Waals surface area contributed by atoms with Gasteiger partial charge in [0.1, 0.15) is 54.6 Å². The van der Waals surface area contributed by atoms with Gasteiger partial charge in [0.25, 0.3) is 0 Å². The molecule has 8 unspecified atom stereocenters. The Balaban J connectivity index is 1.44. The van der Waals surface area contributed by atoms with Crippen molar-refractivity contribution in [3.05, 3.63) is 0 Å². The topological polar surface area (TPSA) is 388 Å². The first kappa shape index (κ1) is 71.9. The molecule has 470 valence electrons. The van der Waals surface area contributed by atoms with E-state index in [1.54, 1.807) is 27.7 Å². The number of nitrogens with one attached hydrogen (secondary N) is 4. The maximum Gasteiger partial charge on any atom is 0.220 e. The van der Waals surface area contributed by atoms with Crippen molar-refractivity contribution in [2.75, 3.05) is 52.7 Å². The van der Waals surface area contributed by atoms with Gasteiger partial charge in [-0.2, -0.15) is 0 Å². The van der Waals surface area contributed by atoms with Gasteiger partial charge in [-0.15, -0.1) is 0 Å². The van der Waals surface area contributed by atoms with E-state index in [9.17, 15) is 74.7 Å². The highest BCUT2D eigenvalue weighted by molar-refractivity contribution is 5.93. The minimum absolute atomic E-state index is 0.0724. The van der Waals surface area contributed by atoms with E-state index in [1.165, 1.54) is 6.92 Å². The van der Waals surface area contributed by atoms with E-state index in [4.69, 9.17) is 28.4 Å². The lowest BCUT2D eigenvalue weighted by Gasteiger charge is -2.42. The Labute approximate surface area is 477 Å². The third-order valence-corrected chi connectivity index (χ3v) is 15.3. The van der Waals surface area contributed by atoms with E-state index in [1.807, 2.05) is 0 Å². The van der Waals surface area contributed by atoms with Gasteiger partial charge < -0.3 is 95.6 Å². The summed E-state index contributed by atoms with van der Waals surface area (Å²) in [5, 5.41) is 101. The monoisotopic (exact) mass is 1160 g/mol. The highest BCUT2D eigenvalue weighted by Crippen LogP contribution is 2.29. The highest BCUT2D eigenvalue weighted by Gasteiger charge is 2.46. The van der Waals surface area contributed by atoms with Gasteiger partial charge in [-0.1, -0.05) is 53.4 Å². The Bertz CT molecular complexity index is 1830. The number of hydrogen-bond donors (Lipinski definition) is 13. The number of carbonyl (C=O) groups excluding carboxylic acids is 6. The SMILES string of the molecule is CC(=O)N[C@H]1C(O)[C@@H](O)C(CO)O[C@H]1OCCCCCC(=O)NCCCCC(CC(=O)C(CCCCNC(=O)CCCCCO[C@@H]1OC(CO)[C@H](O)C(O)[C@@H]1C)NC(=O)CCCCCO[C@@H]1OC(CO)[C@H](O)C(O)[C@@H]1C)C(=O)C(C)C. The van der Waals surface area contributed by atoms with Crippen molar-refractivity contribution in [2.45, 2.75) is 243 Å². The zero-order valence-corrected chi connectivity index (χ0v) is 48.4. The highest BCUT2D eigenvalue weighted by atomic mass is 16.7. The van der Waals surface area contributed by atoms with Crippen molar-refractivity contribution in [1.82, 2.24) is 21.3 Å². The van der Waals surface area contributed by atoms with Crippen LogP contribution in [-0.2, 0) is 57.2 Å². The van der Waals surface area contributed by atoms with E-state index in [2.05, 4.69) is 21.3 Å². The quantitative estimate of drug-likeness (QED) is 0.0349. The number of unbranched alkanes of at least 4 members (excludes halogenated alkanes) is 8. The van der Waals surface area contributed by atoms with E-state index in [-0.39, 0.29) is 80.5 Å². The standard InChI is InChI=1S/C56H100N4O21/c1-33(2)47(69)37(19-12-14-24-57-43(66)22-10-7-18-28-78-56-46(59-36(5)64)53(75)52(74)42(32-63)81-56)29-39(65)38(60-45(68)23-11-8-17-27-77-55-35(4)49(71)51(73)41(31-62)80-55)20-13-15-25-58-44(67)21-9-6-16-26-76-54-34(3)48(70)50(72)40(30-61)79-54/h33-35,37-38,40-42,46,48-56,61-63,70-75H,6-32H2,1-5H3,(H,57,66)(H,58,67)(H,59,64)(H,60,68)/t34-,35-,37?,38?,40?,41?,42?,46-,48?,49?,50-,51-,52-,53?,54+,55+,56+/m0/s1. The molecule has 3 aliphatic rings. The maximum atomic E-state index is 14.1. The fourth-order valence-corrected chi connectivity index (χ4v) is 10.1. The minimum atomic E-state index is -1.42. The first-order valence-corrected chi connectivity index (χ1v) is 29.5. The number of ketones is 2. The second-order valence-electron chi connectivity index (χ2n) is 22.3. The Morgan fingerprint density at radius 2 is 0.901 bits per heavy atom. The fourth-order valence-electron chi connectivity index (χ4n) is 10.1. The fraction of sp³-hybridized carbons (Fsp3) is 0.893. The van der Waals surface area contributed by atoms with Crippen LogP contribution in [0.4, 0.5) is 0 Å². The molecule has 25 nitrogen and oxygen atoms in total. The van der Waals surface area contributed by atoms with Crippen molar-refractivity contribution >= 4 is 35.2 Å². The van der Waals surface area contributed by atoms with Gasteiger partial charge in [-0.25, -0.2) is 0 Å². The molecular formula is C56H100N4O21. The van der Waals surface area contributed by atoms with Crippen LogP contribution in [0.2, 0.25) is 0 Å². The first-order valence-electron chi connectivity index (χ1n) is 29.5. The van der Waals surface area contributed by atoms with Crippen LogP contribution in [0.1, 0.15) is 157 Å². The average molecular weight is 1170 g/mol. The molecule has 81 heavy (non-hydrogen) atoms. The number of aliphatic hydroxyl groups excluding tert-OH is 9. The number of rotatable bonds is 41. The van der Waals surface area contributed by atoms with Crippen molar-refractivity contribution in [2.24, 2.45) is 23.7 Å². The normalized spacial score (nSPS) is 29.4. The molecule has 0 radical (unpaired) electrons. The second kappa shape index (κ2) is 39.3. The molecular weight excluding hydrogens is 1060 g/mol. The van der Waals surface area contributed by atoms with Crippen LogP contribution in [-0.4, -0.2) is 220 Å². The summed E-state index contributed by atoms with van der Waals surface area (Å²) in [6.07, 6.45) is -4.51. The Kier molecular flexibility index (Phi) is 34.9. The average Bonchev–Trinajstić information content (AvgIpc) is 3.50. The number of aliphatic hydroxyl groups is 9. The van der Waals surface area contributed by atoms with Crippen LogP contribution in [0, 0.1) is 23.7 Å². The largest absolute Gasteiger partial charge is 0.394 e. The molecule has 3 aliphatic heterocycles. The smallest absolute Gasteiger partial charge is 0.220 e. The third kappa shape index (κ3) is 25.4. The summed E-state index contributed by atoms with van der Waals surface area (Å²) < 4.78 is 34.1. The molecule has 3 heterocycles. The number of hydrogen-bond acceptors (Lipinski definition) is 21. The van der Waals surface area contributed by atoms with E-state index in [0.29, 0.717) is 110 Å². The van der Waals surface area contributed by atoms with Crippen LogP contribution in [0.3, 0.4) is 0 Å². The van der Waals surface area contributed by atoms with Gasteiger partial charge >= 0.3 is 0 Å². The van der Waals surface area contributed by atoms with Crippen molar-refractivity contribution in [1.29, 1.82) is 0 Å². The second-order valence-corrected chi connectivity index (χ2v) is 22.3. The van der Waals surface area contributed by atoms with Crippen LogP contribution in [0.5, 0.6) is 0 Å². The summed E-state index contributed by atoms with van der Waals surface area (Å²) in [5.41, 5.74) is 0. The Morgan fingerprint density at radius 1 is 0.494 bits per heavy atom. The molecule has 17 atom stereocenters. The molecule has 0 bridgehead atoms. The van der Waals surface area contributed by atoms with Crippen molar-refractivity contribution < 1.29 is 103 Å². The summed E-state index contributed by atoms with van der Waals surface area (Å²) in [6.45, 7) is 8.13. The molecule has 0 aromatic rings. The lowest BCUT2D eigenvalue weighted by Crippen LogP contribution is -2.64. The molecule has 4 amide bonds. The van der Waals surface area contributed by atoms with Gasteiger partial charge in [-0.05, 0) is 70.6 Å². The van der Waals surface area contributed by atoms with Crippen LogP contribution >= 0.6 is 0 Å². The van der Waals surface area contributed by atoms with E-state index in [0.717, 1.165) is 0 Å². The van der Waals surface area contributed by atoms with Crippen LogP contribution < -0.4 is 21.3 Å². The van der Waals surface area contributed by atoms with Crippen molar-refractivity contribution in [3.63, 3.8) is 0 Å². The minimum Gasteiger partial charge on any atom is -0.394 e. The lowest BCUT2D eigenvalue weighted by atomic mass is 9.85. The molecule has 0 aromatic carbocycles. The first-order chi connectivity index (χ1) is 38.6. The molecule has 3 fully saturated rings. The maximum absolute atomic E-state index is 14.1. The lowest BCUT2D eigenvalue weighted by molar-refractivity contribution is -0.282. The molecule has 3 rings (SSSR count). The summed E-state index contributed by atoms with van der Waals surface area (Å²) in [6, 6.07) is -1.91. The molecule has 13 N–H and O–H groups in total. The zero-order valence-electron chi connectivity index (χ0n) is 48.4. The number of Topliss-reactive ketones (excluding diaryl/α,β-unsaturated/α-hetero) is 2. The van der Waals surface area contributed by atoms with Gasteiger partial charge in [0.05, 0.1) is 38.1 Å². The molecule has 0 saturated carbocycles. The number of amides is 4. The predicted molar refractivity (Wildman–Crippen MR) is 291 cm³/mol. The Morgan fingerprint density at radius 3 is 1.33 bits per heavy atom. The molecule has 25 heteroatoms. The van der Waals surface area contributed by atoms with Gasteiger partial charge in [-0.3, -0.25) is 28.8 Å². The summed E-state index contributed by atoms with van der Waals surface area (Å²) in [4.78, 5) is 77.9. The number of ether oxygens (including phenoxy) is 6. The van der Waals surface area contributed by atoms with Gasteiger partial charge in [0.15, 0.2) is 24.7 Å². The zero-order chi connectivity index (χ0) is 60.0. The van der Waals surface area contributed by atoms with Gasteiger partial charge in [0, 0.05) is 89.2 Å². The van der Waals surface area contributed by atoms with Gasteiger partial charge in [0.2, 0.25) is 23.6 Å². The number of carbonyl (C=O) groups is 6. The molecule has 0 aromatic heterocycles. The third-order valence-electron chi connectivity index (χ3n) is 15.3. The summed E-state index contributed by atoms with van der Waals surface area (Å²) in [5.74, 6) is -3.39.